The lowest BCUT2D eigenvalue weighted by Crippen LogP contribution is -2.18. The summed E-state index contributed by atoms with van der Waals surface area (Å²) in [6, 6.07) is 6.40. The first kappa shape index (κ1) is 11.7. The maximum Gasteiger partial charge on any atom is 0.240 e. The van der Waals surface area contributed by atoms with Crippen molar-refractivity contribution >= 4 is 10.0 Å². The third kappa shape index (κ3) is 3.06. The molecule has 0 aliphatic rings. The Morgan fingerprint density at radius 3 is 2.80 bits per heavy atom. The van der Waals surface area contributed by atoms with Gasteiger partial charge in [-0.15, -0.1) is 0 Å². The first-order valence-corrected chi connectivity index (χ1v) is 5.81. The van der Waals surface area contributed by atoms with E-state index in [4.69, 9.17) is 5.73 Å². The molecule has 0 unspecified atom stereocenters. The second-order valence-corrected chi connectivity index (χ2v) is 4.63. The van der Waals surface area contributed by atoms with Crippen LogP contribution in [0.3, 0.4) is 0 Å². The van der Waals surface area contributed by atoms with Crippen LogP contribution in [0.4, 0.5) is 0 Å². The lowest BCUT2D eigenvalue weighted by atomic mass is 10.2. The van der Waals surface area contributed by atoms with E-state index in [1.54, 1.807) is 12.1 Å². The summed E-state index contributed by atoms with van der Waals surface area (Å²) >= 11 is 0. The maximum absolute atomic E-state index is 11.4. The summed E-state index contributed by atoms with van der Waals surface area (Å²) in [5.74, 6) is 5.44. The first-order valence-electron chi connectivity index (χ1n) is 4.32. The van der Waals surface area contributed by atoms with Crippen LogP contribution in [0, 0.1) is 11.8 Å². The maximum atomic E-state index is 11.4. The third-order valence-electron chi connectivity index (χ3n) is 1.75. The molecule has 5 heteroatoms. The number of nitrogens with one attached hydrogen (secondary N) is 1. The van der Waals surface area contributed by atoms with Gasteiger partial charge in [-0.1, -0.05) is 17.9 Å². The summed E-state index contributed by atoms with van der Waals surface area (Å²) in [6.45, 7) is 0.253. The highest BCUT2D eigenvalue weighted by Gasteiger charge is 2.10. The van der Waals surface area contributed by atoms with E-state index in [1.165, 1.54) is 19.2 Å². The van der Waals surface area contributed by atoms with Crippen molar-refractivity contribution in [1.82, 2.24) is 4.72 Å². The highest BCUT2D eigenvalue weighted by Crippen LogP contribution is 2.09. The molecule has 0 aliphatic carbocycles. The Morgan fingerprint density at radius 2 is 2.20 bits per heavy atom. The summed E-state index contributed by atoms with van der Waals surface area (Å²) in [5.41, 5.74) is 5.86. The zero-order chi connectivity index (χ0) is 11.3. The monoisotopic (exact) mass is 224 g/mol. The summed E-state index contributed by atoms with van der Waals surface area (Å²) in [7, 11) is -2.03. The van der Waals surface area contributed by atoms with Gasteiger partial charge in [-0.2, -0.15) is 0 Å². The fourth-order valence-corrected chi connectivity index (χ4v) is 1.79. The topological polar surface area (TPSA) is 72.2 Å². The highest BCUT2D eigenvalue weighted by atomic mass is 32.2. The lowest BCUT2D eigenvalue weighted by Gasteiger charge is -2.01. The summed E-state index contributed by atoms with van der Waals surface area (Å²) < 4.78 is 25.1. The van der Waals surface area contributed by atoms with Crippen molar-refractivity contribution < 1.29 is 8.42 Å². The molecule has 0 radical (unpaired) electrons. The smallest absolute Gasteiger partial charge is 0.240 e. The van der Waals surface area contributed by atoms with E-state index in [2.05, 4.69) is 16.6 Å². The molecule has 1 aromatic carbocycles. The van der Waals surface area contributed by atoms with Crippen LogP contribution < -0.4 is 10.5 Å². The van der Waals surface area contributed by atoms with Gasteiger partial charge in [0.2, 0.25) is 10.0 Å². The predicted molar refractivity (Wildman–Crippen MR) is 58.6 cm³/mol. The minimum absolute atomic E-state index is 0.203. The van der Waals surface area contributed by atoms with Crippen LogP contribution in [0.1, 0.15) is 5.56 Å². The zero-order valence-electron chi connectivity index (χ0n) is 8.32. The third-order valence-corrected chi connectivity index (χ3v) is 3.16. The van der Waals surface area contributed by atoms with Crippen LogP contribution in [0.2, 0.25) is 0 Å². The highest BCUT2D eigenvalue weighted by molar-refractivity contribution is 7.89. The molecular formula is C10H12N2O2S. The fraction of sp³-hybridized carbons (Fsp3) is 0.200. The molecule has 80 valence electrons. The number of nitrogens with two attached hydrogens (primary N) is 1. The van der Waals surface area contributed by atoms with Gasteiger partial charge in [0.15, 0.2) is 0 Å². The standard InChI is InChI=1S/C10H12N2O2S/c1-12-15(13,14)10-6-2-4-9(8-10)5-3-7-11/h2,4,6,8,12H,7,11H2,1H3. The molecule has 15 heavy (non-hydrogen) atoms. The average molecular weight is 224 g/mol. The van der Waals surface area contributed by atoms with Crippen LogP contribution in [-0.2, 0) is 10.0 Å². The second kappa shape index (κ2) is 4.94. The van der Waals surface area contributed by atoms with E-state index < -0.39 is 10.0 Å². The molecule has 3 N–H and O–H groups in total. The van der Waals surface area contributed by atoms with Crippen molar-refractivity contribution in [3.8, 4) is 11.8 Å². The molecule has 0 saturated carbocycles. The van der Waals surface area contributed by atoms with Crippen molar-refractivity contribution in [3.05, 3.63) is 29.8 Å². The summed E-state index contributed by atoms with van der Waals surface area (Å²) in [6.07, 6.45) is 0. The molecule has 1 aromatic rings. The second-order valence-electron chi connectivity index (χ2n) is 2.74. The van der Waals surface area contributed by atoms with Gasteiger partial charge < -0.3 is 5.73 Å². The summed E-state index contributed by atoms with van der Waals surface area (Å²) in [5, 5.41) is 0. The largest absolute Gasteiger partial charge is 0.320 e. The van der Waals surface area contributed by atoms with Gasteiger partial charge in [0.25, 0.3) is 0 Å². The average Bonchev–Trinajstić information content (AvgIpc) is 2.27. The predicted octanol–water partition coefficient (Wildman–Crippen LogP) is -0.0951. The molecule has 4 nitrogen and oxygen atoms in total. The molecule has 0 fully saturated rings. The van der Waals surface area contributed by atoms with E-state index >= 15 is 0 Å². The zero-order valence-corrected chi connectivity index (χ0v) is 9.14. The minimum atomic E-state index is -3.39. The van der Waals surface area contributed by atoms with Crippen LogP contribution >= 0.6 is 0 Å². The lowest BCUT2D eigenvalue weighted by molar-refractivity contribution is 0.588. The number of benzene rings is 1. The molecule has 0 heterocycles. The molecule has 1 rings (SSSR count). The minimum Gasteiger partial charge on any atom is -0.320 e. The normalized spacial score (nSPS) is 10.5. The quantitative estimate of drug-likeness (QED) is 0.689. The summed E-state index contributed by atoms with van der Waals surface area (Å²) in [4.78, 5) is 0.203. The number of rotatable bonds is 2. The Bertz CT molecular complexity index is 498. The van der Waals surface area contributed by atoms with Gasteiger partial charge in [0.05, 0.1) is 11.4 Å². The van der Waals surface area contributed by atoms with Gasteiger partial charge in [-0.05, 0) is 25.2 Å². The fourth-order valence-electron chi connectivity index (χ4n) is 1.01. The van der Waals surface area contributed by atoms with E-state index in [9.17, 15) is 8.42 Å². The molecule has 0 atom stereocenters. The number of sulfonamides is 1. The Labute approximate surface area is 89.5 Å². The van der Waals surface area contributed by atoms with Crippen molar-refractivity contribution in [3.63, 3.8) is 0 Å². The molecule has 0 aromatic heterocycles. The van der Waals surface area contributed by atoms with Crippen molar-refractivity contribution in [2.75, 3.05) is 13.6 Å². The molecule has 0 saturated heterocycles. The molecular weight excluding hydrogens is 212 g/mol. The van der Waals surface area contributed by atoms with E-state index in [-0.39, 0.29) is 11.4 Å². The van der Waals surface area contributed by atoms with Crippen molar-refractivity contribution in [2.24, 2.45) is 5.73 Å². The first-order chi connectivity index (χ1) is 7.10. The number of hydrogen-bond donors (Lipinski definition) is 2. The van der Waals surface area contributed by atoms with Gasteiger partial charge in [0.1, 0.15) is 0 Å². The van der Waals surface area contributed by atoms with Crippen LogP contribution in [-0.4, -0.2) is 22.0 Å². The van der Waals surface area contributed by atoms with Gasteiger partial charge in [-0.25, -0.2) is 13.1 Å². The van der Waals surface area contributed by atoms with Crippen LogP contribution in [0.15, 0.2) is 29.2 Å². The van der Waals surface area contributed by atoms with Crippen molar-refractivity contribution in [2.45, 2.75) is 4.90 Å². The molecule has 0 amide bonds. The Balaban J connectivity index is 3.14. The van der Waals surface area contributed by atoms with Gasteiger partial charge in [-0.3, -0.25) is 0 Å². The Hall–Kier alpha value is -1.35. The SMILES string of the molecule is CNS(=O)(=O)c1cccc(C#CCN)c1. The Morgan fingerprint density at radius 1 is 1.47 bits per heavy atom. The Kier molecular flexibility index (Phi) is 3.86. The van der Waals surface area contributed by atoms with E-state index in [0.717, 1.165) is 0 Å². The molecule has 0 aliphatic heterocycles. The van der Waals surface area contributed by atoms with E-state index in [0.29, 0.717) is 5.56 Å². The number of hydrogen-bond acceptors (Lipinski definition) is 3. The van der Waals surface area contributed by atoms with Gasteiger partial charge >= 0.3 is 0 Å². The van der Waals surface area contributed by atoms with Gasteiger partial charge in [0, 0.05) is 5.56 Å². The van der Waals surface area contributed by atoms with E-state index in [1.807, 2.05) is 0 Å². The van der Waals surface area contributed by atoms with Crippen molar-refractivity contribution in [1.29, 1.82) is 0 Å². The van der Waals surface area contributed by atoms with Crippen LogP contribution in [0.5, 0.6) is 0 Å². The molecule has 0 spiro atoms. The van der Waals surface area contributed by atoms with Crippen LogP contribution in [0.25, 0.3) is 0 Å². The molecule has 0 bridgehead atoms.